The SMILES string of the molecule is Cc1cc(C(O)c2c(F)cccc2Cl)cs1. The van der Waals surface area contributed by atoms with Gasteiger partial charge in [0.25, 0.3) is 0 Å². The molecule has 0 amide bonds. The molecule has 0 spiro atoms. The molecule has 0 saturated carbocycles. The largest absolute Gasteiger partial charge is 0.383 e. The summed E-state index contributed by atoms with van der Waals surface area (Å²) in [6.07, 6.45) is -1.00. The zero-order chi connectivity index (χ0) is 11.7. The molecule has 1 unspecified atom stereocenters. The highest BCUT2D eigenvalue weighted by Crippen LogP contribution is 2.32. The lowest BCUT2D eigenvalue weighted by Crippen LogP contribution is -2.02. The van der Waals surface area contributed by atoms with E-state index in [-0.39, 0.29) is 10.6 Å². The zero-order valence-corrected chi connectivity index (χ0v) is 10.1. The standard InChI is InChI=1S/C12H10ClFOS/c1-7-5-8(6-16-7)12(15)11-9(13)3-2-4-10(11)14/h2-6,12,15H,1H3. The van der Waals surface area contributed by atoms with E-state index in [4.69, 9.17) is 11.6 Å². The van der Waals surface area contributed by atoms with E-state index in [1.807, 2.05) is 18.4 Å². The lowest BCUT2D eigenvalue weighted by Gasteiger charge is -2.12. The second-order valence-corrected chi connectivity index (χ2v) is 5.05. The van der Waals surface area contributed by atoms with Crippen LogP contribution in [0.3, 0.4) is 0 Å². The van der Waals surface area contributed by atoms with Crippen molar-refractivity contribution >= 4 is 22.9 Å². The van der Waals surface area contributed by atoms with Crippen LogP contribution in [-0.4, -0.2) is 5.11 Å². The van der Waals surface area contributed by atoms with Gasteiger partial charge in [0.05, 0.1) is 0 Å². The van der Waals surface area contributed by atoms with Gasteiger partial charge in [0.1, 0.15) is 11.9 Å². The van der Waals surface area contributed by atoms with Gasteiger partial charge in [-0.3, -0.25) is 0 Å². The Kier molecular flexibility index (Phi) is 3.28. The summed E-state index contributed by atoms with van der Waals surface area (Å²) in [4.78, 5) is 1.07. The van der Waals surface area contributed by atoms with Crippen LogP contribution in [0.4, 0.5) is 4.39 Å². The summed E-state index contributed by atoms with van der Waals surface area (Å²) in [5, 5.41) is 12.1. The minimum Gasteiger partial charge on any atom is -0.383 e. The Bertz CT molecular complexity index is 489. The molecule has 2 aromatic rings. The second kappa shape index (κ2) is 4.53. The Labute approximate surface area is 102 Å². The summed E-state index contributed by atoms with van der Waals surface area (Å²) in [6.45, 7) is 1.93. The Morgan fingerprint density at radius 3 is 2.75 bits per heavy atom. The van der Waals surface area contributed by atoms with E-state index in [1.54, 1.807) is 6.07 Å². The smallest absolute Gasteiger partial charge is 0.130 e. The molecule has 0 saturated heterocycles. The average molecular weight is 257 g/mol. The molecule has 4 heteroatoms. The number of aliphatic hydroxyl groups excluding tert-OH is 1. The van der Waals surface area contributed by atoms with E-state index in [9.17, 15) is 9.50 Å². The molecule has 1 atom stereocenters. The van der Waals surface area contributed by atoms with Crippen LogP contribution in [0.25, 0.3) is 0 Å². The van der Waals surface area contributed by atoms with Crippen molar-refractivity contribution < 1.29 is 9.50 Å². The number of aliphatic hydroxyl groups is 1. The quantitative estimate of drug-likeness (QED) is 0.863. The van der Waals surface area contributed by atoms with Crippen molar-refractivity contribution in [2.24, 2.45) is 0 Å². The lowest BCUT2D eigenvalue weighted by atomic mass is 10.0. The molecule has 84 valence electrons. The third-order valence-corrected chi connectivity index (χ3v) is 3.55. The topological polar surface area (TPSA) is 20.2 Å². The Morgan fingerprint density at radius 2 is 2.19 bits per heavy atom. The summed E-state index contributed by atoms with van der Waals surface area (Å²) in [5.41, 5.74) is 0.816. The molecule has 0 aliphatic carbocycles. The van der Waals surface area contributed by atoms with Crippen molar-refractivity contribution in [2.45, 2.75) is 13.0 Å². The Balaban J connectivity index is 2.45. The molecule has 0 aliphatic rings. The molecule has 1 aromatic carbocycles. The molecular weight excluding hydrogens is 247 g/mol. The number of aryl methyl sites for hydroxylation is 1. The van der Waals surface area contributed by atoms with E-state index in [1.165, 1.54) is 23.5 Å². The van der Waals surface area contributed by atoms with Crippen molar-refractivity contribution in [3.05, 3.63) is 56.5 Å². The lowest BCUT2D eigenvalue weighted by molar-refractivity contribution is 0.215. The van der Waals surface area contributed by atoms with Gasteiger partial charge in [0.2, 0.25) is 0 Å². The highest BCUT2D eigenvalue weighted by atomic mass is 35.5. The van der Waals surface area contributed by atoms with Gasteiger partial charge in [-0.2, -0.15) is 0 Å². The fraction of sp³-hybridized carbons (Fsp3) is 0.167. The van der Waals surface area contributed by atoms with Crippen LogP contribution in [0, 0.1) is 12.7 Å². The van der Waals surface area contributed by atoms with E-state index in [0.717, 1.165) is 4.88 Å². The number of rotatable bonds is 2. The summed E-state index contributed by atoms with van der Waals surface area (Å²) in [6, 6.07) is 6.22. The first-order chi connectivity index (χ1) is 7.59. The maximum absolute atomic E-state index is 13.6. The summed E-state index contributed by atoms with van der Waals surface area (Å²) >= 11 is 7.40. The normalized spacial score (nSPS) is 12.8. The summed E-state index contributed by atoms with van der Waals surface area (Å²) in [5.74, 6) is -0.483. The maximum Gasteiger partial charge on any atom is 0.130 e. The van der Waals surface area contributed by atoms with Crippen molar-refractivity contribution in [3.63, 3.8) is 0 Å². The van der Waals surface area contributed by atoms with Crippen LogP contribution >= 0.6 is 22.9 Å². The number of thiophene rings is 1. The van der Waals surface area contributed by atoms with Crippen molar-refractivity contribution in [1.82, 2.24) is 0 Å². The summed E-state index contributed by atoms with van der Waals surface area (Å²) in [7, 11) is 0. The van der Waals surface area contributed by atoms with E-state index in [0.29, 0.717) is 5.56 Å². The Hall–Kier alpha value is -0.900. The second-order valence-electron chi connectivity index (χ2n) is 3.53. The van der Waals surface area contributed by atoms with Crippen molar-refractivity contribution in [3.8, 4) is 0 Å². The molecule has 1 aromatic heterocycles. The van der Waals surface area contributed by atoms with Crippen LogP contribution in [0.2, 0.25) is 5.02 Å². The van der Waals surface area contributed by atoms with Gasteiger partial charge >= 0.3 is 0 Å². The van der Waals surface area contributed by atoms with Gasteiger partial charge in [0, 0.05) is 15.5 Å². The fourth-order valence-corrected chi connectivity index (χ4v) is 2.54. The van der Waals surface area contributed by atoms with Gasteiger partial charge < -0.3 is 5.11 Å². The van der Waals surface area contributed by atoms with Gasteiger partial charge in [-0.1, -0.05) is 17.7 Å². The minimum atomic E-state index is -1.00. The number of hydrogen-bond acceptors (Lipinski definition) is 2. The van der Waals surface area contributed by atoms with Crippen LogP contribution in [-0.2, 0) is 0 Å². The fourth-order valence-electron chi connectivity index (χ4n) is 1.55. The van der Waals surface area contributed by atoms with E-state index in [2.05, 4.69) is 0 Å². The van der Waals surface area contributed by atoms with E-state index < -0.39 is 11.9 Å². The molecule has 16 heavy (non-hydrogen) atoms. The predicted octanol–water partition coefficient (Wildman–Crippen LogP) is 3.93. The molecule has 1 heterocycles. The van der Waals surface area contributed by atoms with Crippen LogP contribution in [0.1, 0.15) is 22.1 Å². The maximum atomic E-state index is 13.6. The molecule has 1 nitrogen and oxygen atoms in total. The number of hydrogen-bond donors (Lipinski definition) is 1. The molecule has 0 radical (unpaired) electrons. The van der Waals surface area contributed by atoms with Gasteiger partial charge in [-0.05, 0) is 36.1 Å². The first-order valence-electron chi connectivity index (χ1n) is 4.76. The first-order valence-corrected chi connectivity index (χ1v) is 6.02. The number of halogens is 2. The van der Waals surface area contributed by atoms with E-state index >= 15 is 0 Å². The van der Waals surface area contributed by atoms with Crippen molar-refractivity contribution in [1.29, 1.82) is 0 Å². The predicted molar refractivity (Wildman–Crippen MR) is 64.5 cm³/mol. The van der Waals surface area contributed by atoms with Crippen LogP contribution in [0.15, 0.2) is 29.6 Å². The minimum absolute atomic E-state index is 0.141. The molecular formula is C12H10ClFOS. The average Bonchev–Trinajstić information content (AvgIpc) is 2.64. The molecule has 0 bridgehead atoms. The molecule has 1 N–H and O–H groups in total. The van der Waals surface area contributed by atoms with Gasteiger partial charge in [-0.15, -0.1) is 11.3 Å². The third-order valence-electron chi connectivity index (χ3n) is 2.34. The Morgan fingerprint density at radius 1 is 1.44 bits per heavy atom. The summed E-state index contributed by atoms with van der Waals surface area (Å²) < 4.78 is 13.6. The molecule has 0 fully saturated rings. The van der Waals surface area contributed by atoms with Gasteiger partial charge in [-0.25, -0.2) is 4.39 Å². The van der Waals surface area contributed by atoms with Crippen molar-refractivity contribution in [2.75, 3.05) is 0 Å². The molecule has 0 aliphatic heterocycles. The molecule has 2 rings (SSSR count). The highest BCUT2D eigenvalue weighted by molar-refractivity contribution is 7.10. The highest BCUT2D eigenvalue weighted by Gasteiger charge is 2.18. The van der Waals surface area contributed by atoms with Gasteiger partial charge in [0.15, 0.2) is 0 Å². The van der Waals surface area contributed by atoms with Crippen LogP contribution in [0.5, 0.6) is 0 Å². The van der Waals surface area contributed by atoms with Crippen LogP contribution < -0.4 is 0 Å². The first kappa shape index (κ1) is 11.6. The zero-order valence-electron chi connectivity index (χ0n) is 8.58. The number of benzene rings is 1. The monoisotopic (exact) mass is 256 g/mol. The third kappa shape index (κ3) is 2.12.